The van der Waals surface area contributed by atoms with Crippen LogP contribution in [0.15, 0.2) is 48.4 Å². The fraction of sp³-hybridized carbons (Fsp3) is 0.188. The molecule has 22 heavy (non-hydrogen) atoms. The molecule has 4 rings (SSSR count). The van der Waals surface area contributed by atoms with E-state index in [9.17, 15) is 0 Å². The Balaban J connectivity index is 1.54. The summed E-state index contributed by atoms with van der Waals surface area (Å²) in [6, 6.07) is 5.86. The molecule has 0 saturated heterocycles. The van der Waals surface area contributed by atoms with Crippen LogP contribution in [0.25, 0.3) is 0 Å². The summed E-state index contributed by atoms with van der Waals surface area (Å²) in [7, 11) is 0. The number of thiazole rings is 1. The van der Waals surface area contributed by atoms with Crippen molar-refractivity contribution < 1.29 is 9.47 Å². The van der Waals surface area contributed by atoms with Gasteiger partial charge in [0.25, 0.3) is 5.19 Å². The highest BCUT2D eigenvalue weighted by atomic mass is 32.1. The van der Waals surface area contributed by atoms with Crippen LogP contribution in [0.4, 0.5) is 0 Å². The summed E-state index contributed by atoms with van der Waals surface area (Å²) >= 11 is 1.47. The van der Waals surface area contributed by atoms with Crippen molar-refractivity contribution in [2.24, 2.45) is 0 Å². The van der Waals surface area contributed by atoms with Gasteiger partial charge in [0.2, 0.25) is 0 Å². The van der Waals surface area contributed by atoms with Gasteiger partial charge < -0.3 is 9.47 Å². The van der Waals surface area contributed by atoms with Gasteiger partial charge in [-0.3, -0.25) is 9.97 Å². The van der Waals surface area contributed by atoms with E-state index in [4.69, 9.17) is 9.47 Å². The molecular weight excluding hydrogens is 298 g/mol. The third-order valence-electron chi connectivity index (χ3n) is 3.50. The van der Waals surface area contributed by atoms with Crippen LogP contribution in [0.5, 0.6) is 16.7 Å². The highest BCUT2D eigenvalue weighted by Gasteiger charge is 2.23. The summed E-state index contributed by atoms with van der Waals surface area (Å²) in [5.74, 6) is 1.67. The lowest BCUT2D eigenvalue weighted by Crippen LogP contribution is -2.16. The predicted molar refractivity (Wildman–Crippen MR) is 82.4 cm³/mol. The largest absolute Gasteiger partial charge is 0.484 e. The van der Waals surface area contributed by atoms with Crippen LogP contribution < -0.4 is 9.47 Å². The number of aryl methyl sites for hydroxylation is 1. The van der Waals surface area contributed by atoms with Gasteiger partial charge in [0.15, 0.2) is 0 Å². The molecule has 3 heterocycles. The van der Waals surface area contributed by atoms with Crippen molar-refractivity contribution in [1.29, 1.82) is 0 Å². The number of benzene rings is 1. The molecule has 0 fully saturated rings. The highest BCUT2D eigenvalue weighted by molar-refractivity contribution is 7.11. The predicted octanol–water partition coefficient (Wildman–Crippen LogP) is 3.79. The molecule has 0 radical (unpaired) electrons. The van der Waals surface area contributed by atoms with E-state index in [0.717, 1.165) is 35.6 Å². The Bertz CT molecular complexity index is 762. The Labute approximate surface area is 131 Å². The number of nitrogens with zero attached hydrogens (tertiary/aromatic N) is 3. The van der Waals surface area contributed by atoms with Gasteiger partial charge in [-0.2, -0.15) is 0 Å². The van der Waals surface area contributed by atoms with E-state index in [-0.39, 0.29) is 6.10 Å². The third kappa shape index (κ3) is 2.65. The molecule has 110 valence electrons. The van der Waals surface area contributed by atoms with Crippen molar-refractivity contribution in [3.63, 3.8) is 0 Å². The minimum Gasteiger partial charge on any atom is -0.484 e. The van der Waals surface area contributed by atoms with Crippen LogP contribution >= 0.6 is 11.3 Å². The van der Waals surface area contributed by atoms with E-state index in [1.165, 1.54) is 11.3 Å². The van der Waals surface area contributed by atoms with Gasteiger partial charge in [-0.15, -0.1) is 0 Å². The maximum Gasteiger partial charge on any atom is 0.278 e. The van der Waals surface area contributed by atoms with Gasteiger partial charge >= 0.3 is 0 Å². The fourth-order valence-electron chi connectivity index (χ4n) is 2.48. The van der Waals surface area contributed by atoms with Gasteiger partial charge in [0.05, 0.1) is 11.9 Å². The Morgan fingerprint density at radius 1 is 1.18 bits per heavy atom. The third-order valence-corrected chi connectivity index (χ3v) is 4.15. The molecule has 1 aromatic carbocycles. The summed E-state index contributed by atoms with van der Waals surface area (Å²) in [6.07, 6.45) is 8.62. The van der Waals surface area contributed by atoms with E-state index in [1.54, 1.807) is 24.8 Å². The van der Waals surface area contributed by atoms with Crippen LogP contribution in [0.3, 0.4) is 0 Å². The van der Waals surface area contributed by atoms with Crippen molar-refractivity contribution >= 4 is 11.3 Å². The second-order valence-electron chi connectivity index (χ2n) is 4.95. The summed E-state index contributed by atoms with van der Waals surface area (Å²) < 4.78 is 11.8. The molecule has 1 aliphatic rings. The van der Waals surface area contributed by atoms with Crippen molar-refractivity contribution in [2.75, 3.05) is 0 Å². The molecule has 1 unspecified atom stereocenters. The molecule has 1 atom stereocenters. The molecule has 2 aromatic heterocycles. The Morgan fingerprint density at radius 3 is 3.00 bits per heavy atom. The smallest absolute Gasteiger partial charge is 0.278 e. The average Bonchev–Trinajstić information content (AvgIpc) is 3.08. The topological polar surface area (TPSA) is 57.1 Å². The number of fused-ring (bicyclic) bond motifs is 1. The summed E-state index contributed by atoms with van der Waals surface area (Å²) in [5.41, 5.74) is 2.02. The van der Waals surface area contributed by atoms with E-state index < -0.39 is 0 Å². The minimum atomic E-state index is -0.0352. The normalized spacial score (nSPS) is 16.6. The van der Waals surface area contributed by atoms with Crippen molar-refractivity contribution in [3.05, 3.63) is 59.6 Å². The average molecular weight is 311 g/mol. The van der Waals surface area contributed by atoms with Crippen LogP contribution in [0.1, 0.15) is 23.8 Å². The molecule has 0 N–H and O–H groups in total. The number of aromatic nitrogens is 3. The van der Waals surface area contributed by atoms with E-state index in [0.29, 0.717) is 5.19 Å². The van der Waals surface area contributed by atoms with Gasteiger partial charge in [-0.05, 0) is 36.6 Å². The summed E-state index contributed by atoms with van der Waals surface area (Å²) in [4.78, 5) is 12.6. The molecular formula is C16H13N3O2S. The maximum atomic E-state index is 6.04. The molecule has 1 aliphatic heterocycles. The molecule has 0 amide bonds. The molecule has 0 bridgehead atoms. The molecule has 0 aliphatic carbocycles. The van der Waals surface area contributed by atoms with Gasteiger partial charge in [0, 0.05) is 24.0 Å². The molecule has 3 aromatic rings. The van der Waals surface area contributed by atoms with Crippen LogP contribution in [-0.2, 0) is 6.42 Å². The van der Waals surface area contributed by atoms with Gasteiger partial charge in [-0.25, -0.2) is 4.98 Å². The lowest BCUT2D eigenvalue weighted by atomic mass is 10.0. The first-order chi connectivity index (χ1) is 10.9. The first kappa shape index (κ1) is 13.2. The number of ether oxygens (including phenoxy) is 2. The molecule has 0 saturated carbocycles. The highest BCUT2D eigenvalue weighted by Crippen LogP contribution is 2.37. The van der Waals surface area contributed by atoms with Crippen LogP contribution in [0, 0.1) is 0 Å². The molecule has 5 nitrogen and oxygen atoms in total. The van der Waals surface area contributed by atoms with E-state index in [2.05, 4.69) is 15.0 Å². The summed E-state index contributed by atoms with van der Waals surface area (Å²) in [5, 5.41) is 2.54. The Morgan fingerprint density at radius 2 is 2.18 bits per heavy atom. The standard InChI is InChI=1S/C16H13N3O2S/c1-3-15(13-10-17-5-6-18-13)21-14-4-2-12(9-11(1)14)20-16-19-7-8-22-16/h2,4-10,15H,1,3H2. The molecule has 0 spiro atoms. The Hall–Kier alpha value is -2.47. The van der Waals surface area contributed by atoms with E-state index >= 15 is 0 Å². The summed E-state index contributed by atoms with van der Waals surface area (Å²) in [6.45, 7) is 0. The maximum absolute atomic E-state index is 6.04. The van der Waals surface area contributed by atoms with Crippen molar-refractivity contribution in [3.8, 4) is 16.7 Å². The van der Waals surface area contributed by atoms with Gasteiger partial charge in [-0.1, -0.05) is 11.3 Å². The second-order valence-corrected chi connectivity index (χ2v) is 5.80. The van der Waals surface area contributed by atoms with Crippen LogP contribution in [-0.4, -0.2) is 15.0 Å². The number of rotatable bonds is 3. The monoisotopic (exact) mass is 311 g/mol. The zero-order chi connectivity index (χ0) is 14.8. The first-order valence-corrected chi connectivity index (χ1v) is 7.89. The second kappa shape index (κ2) is 5.73. The lowest BCUT2D eigenvalue weighted by Gasteiger charge is -2.25. The van der Waals surface area contributed by atoms with Gasteiger partial charge in [0.1, 0.15) is 17.6 Å². The van der Waals surface area contributed by atoms with Crippen LogP contribution in [0.2, 0.25) is 0 Å². The van der Waals surface area contributed by atoms with Crippen molar-refractivity contribution in [1.82, 2.24) is 15.0 Å². The molecule has 6 heteroatoms. The minimum absolute atomic E-state index is 0.0352. The zero-order valence-electron chi connectivity index (χ0n) is 11.7. The SMILES string of the molecule is c1cnc(C2CCc3cc(Oc4nccs4)ccc3O2)cn1. The lowest BCUT2D eigenvalue weighted by molar-refractivity contribution is 0.171. The Kier molecular flexibility index (Phi) is 3.44. The van der Waals surface area contributed by atoms with E-state index in [1.807, 2.05) is 23.6 Å². The first-order valence-electron chi connectivity index (χ1n) is 7.01. The zero-order valence-corrected chi connectivity index (χ0v) is 12.5. The quantitative estimate of drug-likeness (QED) is 0.736. The van der Waals surface area contributed by atoms with Crippen molar-refractivity contribution in [2.45, 2.75) is 18.9 Å². The number of hydrogen-bond acceptors (Lipinski definition) is 6. The fourth-order valence-corrected chi connectivity index (χ4v) is 2.98. The number of hydrogen-bond donors (Lipinski definition) is 0.